The van der Waals surface area contributed by atoms with Crippen LogP contribution >= 0.6 is 0 Å². The zero-order valence-electron chi connectivity index (χ0n) is 8.99. The summed E-state index contributed by atoms with van der Waals surface area (Å²) in [4.78, 5) is 0. The lowest BCUT2D eigenvalue weighted by molar-refractivity contribution is 0.507. The van der Waals surface area contributed by atoms with Gasteiger partial charge in [0.15, 0.2) is 11.6 Å². The van der Waals surface area contributed by atoms with Gasteiger partial charge in [-0.1, -0.05) is 6.08 Å². The van der Waals surface area contributed by atoms with Gasteiger partial charge in [0, 0.05) is 5.56 Å². The van der Waals surface area contributed by atoms with Gasteiger partial charge < -0.3 is 5.32 Å². The highest BCUT2D eigenvalue weighted by molar-refractivity contribution is 5.80. The summed E-state index contributed by atoms with van der Waals surface area (Å²) in [5, 5.41) is 2.98. The van der Waals surface area contributed by atoms with Crippen LogP contribution in [0.25, 0.3) is 5.57 Å². The van der Waals surface area contributed by atoms with Gasteiger partial charge in [0.2, 0.25) is 0 Å². The third kappa shape index (κ3) is 1.62. The maximum Gasteiger partial charge on any atom is 0.182 e. The van der Waals surface area contributed by atoms with E-state index >= 15 is 0 Å². The van der Waals surface area contributed by atoms with Crippen molar-refractivity contribution in [2.45, 2.75) is 26.3 Å². The van der Waals surface area contributed by atoms with Gasteiger partial charge in [-0.05, 0) is 38.5 Å². The number of halogens is 2. The van der Waals surface area contributed by atoms with Gasteiger partial charge >= 0.3 is 0 Å². The Morgan fingerprint density at radius 1 is 1.20 bits per heavy atom. The molecular weight excluding hydrogens is 196 g/mol. The molecule has 1 aliphatic rings. The highest BCUT2D eigenvalue weighted by Crippen LogP contribution is 2.35. The zero-order chi connectivity index (χ0) is 11.2. The predicted molar refractivity (Wildman–Crippen MR) is 57.7 cm³/mol. The van der Waals surface area contributed by atoms with Crippen LogP contribution in [0.3, 0.4) is 0 Å². The van der Waals surface area contributed by atoms with Gasteiger partial charge in [0.1, 0.15) is 0 Å². The summed E-state index contributed by atoms with van der Waals surface area (Å²) in [6.45, 7) is 5.74. The second-order valence-corrected chi connectivity index (χ2v) is 4.46. The van der Waals surface area contributed by atoms with Crippen molar-refractivity contribution in [3.63, 3.8) is 0 Å². The first-order valence-corrected chi connectivity index (χ1v) is 4.87. The van der Waals surface area contributed by atoms with E-state index in [1.165, 1.54) is 0 Å². The second-order valence-electron chi connectivity index (χ2n) is 4.46. The smallest absolute Gasteiger partial charge is 0.182 e. The number of rotatable bonds is 0. The van der Waals surface area contributed by atoms with Crippen molar-refractivity contribution in [2.24, 2.45) is 0 Å². The lowest BCUT2D eigenvalue weighted by Crippen LogP contribution is -2.32. The van der Waals surface area contributed by atoms with E-state index in [0.717, 1.165) is 17.2 Å². The van der Waals surface area contributed by atoms with E-state index in [0.29, 0.717) is 0 Å². The molecule has 0 radical (unpaired) electrons. The Hall–Kier alpha value is -1.38. The van der Waals surface area contributed by atoms with Crippen molar-refractivity contribution in [1.29, 1.82) is 0 Å². The Morgan fingerprint density at radius 2 is 1.87 bits per heavy atom. The van der Waals surface area contributed by atoms with Crippen molar-refractivity contribution in [1.82, 2.24) is 0 Å². The standard InChI is InChI=1S/C12H13F2N/c1-7-6-12(2,3)15-11-8(7)4-5-9(13)10(11)14/h4-6,15H,1-3H3. The number of nitrogens with one attached hydrogen (secondary N) is 1. The van der Waals surface area contributed by atoms with Crippen molar-refractivity contribution >= 4 is 11.3 Å². The molecule has 0 aromatic heterocycles. The summed E-state index contributed by atoms with van der Waals surface area (Å²) in [5.41, 5.74) is 1.62. The minimum atomic E-state index is -0.813. The average Bonchev–Trinajstić information content (AvgIpc) is 2.10. The second kappa shape index (κ2) is 3.05. The molecule has 0 amide bonds. The molecule has 1 N–H and O–H groups in total. The van der Waals surface area contributed by atoms with Crippen molar-refractivity contribution < 1.29 is 8.78 Å². The molecule has 15 heavy (non-hydrogen) atoms. The van der Waals surface area contributed by atoms with Gasteiger partial charge in [-0.25, -0.2) is 8.78 Å². The van der Waals surface area contributed by atoms with E-state index in [2.05, 4.69) is 5.32 Å². The van der Waals surface area contributed by atoms with E-state index in [-0.39, 0.29) is 11.2 Å². The van der Waals surface area contributed by atoms with Crippen LogP contribution in [0.2, 0.25) is 0 Å². The highest BCUT2D eigenvalue weighted by Gasteiger charge is 2.26. The molecule has 1 nitrogen and oxygen atoms in total. The molecule has 1 aromatic carbocycles. The maximum atomic E-state index is 13.5. The molecule has 0 unspecified atom stereocenters. The minimum Gasteiger partial charge on any atom is -0.374 e. The number of hydrogen-bond donors (Lipinski definition) is 1. The summed E-state index contributed by atoms with van der Waals surface area (Å²) in [7, 11) is 0. The Balaban J connectivity index is 2.65. The topological polar surface area (TPSA) is 12.0 Å². The number of allylic oxidation sites excluding steroid dienone is 1. The molecule has 80 valence electrons. The normalized spacial score (nSPS) is 17.8. The molecule has 0 spiro atoms. The van der Waals surface area contributed by atoms with Gasteiger partial charge in [-0.2, -0.15) is 0 Å². The van der Waals surface area contributed by atoms with Gasteiger partial charge in [0.05, 0.1) is 11.2 Å². The SMILES string of the molecule is CC1=CC(C)(C)Nc2c1ccc(F)c2F. The summed E-state index contributed by atoms with van der Waals surface area (Å²) < 4.78 is 26.6. The molecule has 1 heterocycles. The van der Waals surface area contributed by atoms with Crippen LogP contribution in [-0.4, -0.2) is 5.54 Å². The summed E-state index contributed by atoms with van der Waals surface area (Å²) in [6, 6.07) is 2.76. The van der Waals surface area contributed by atoms with Gasteiger partial charge in [-0.15, -0.1) is 0 Å². The first-order chi connectivity index (χ1) is 6.91. The number of anilines is 1. The lowest BCUT2D eigenvalue weighted by Gasteiger charge is -2.31. The Bertz CT molecular complexity index is 447. The van der Waals surface area contributed by atoms with Gasteiger partial charge in [-0.3, -0.25) is 0 Å². The predicted octanol–water partition coefficient (Wildman–Crippen LogP) is 3.57. The fraction of sp³-hybridized carbons (Fsp3) is 0.333. The largest absolute Gasteiger partial charge is 0.374 e. The van der Waals surface area contributed by atoms with Crippen molar-refractivity contribution in [3.05, 3.63) is 35.4 Å². The minimum absolute atomic E-state index is 0.264. The first-order valence-electron chi connectivity index (χ1n) is 4.87. The average molecular weight is 209 g/mol. The molecule has 0 fully saturated rings. The van der Waals surface area contributed by atoms with E-state index in [9.17, 15) is 8.78 Å². The lowest BCUT2D eigenvalue weighted by atomic mass is 9.91. The Kier molecular flexibility index (Phi) is 2.07. The molecule has 2 rings (SSSR count). The molecular formula is C12H13F2N. The van der Waals surface area contributed by atoms with E-state index in [4.69, 9.17) is 0 Å². The maximum absolute atomic E-state index is 13.5. The molecule has 0 aliphatic carbocycles. The van der Waals surface area contributed by atoms with Crippen LogP contribution in [0.4, 0.5) is 14.5 Å². The monoisotopic (exact) mass is 209 g/mol. The third-order valence-corrected chi connectivity index (χ3v) is 2.54. The Morgan fingerprint density at radius 3 is 2.53 bits per heavy atom. The van der Waals surface area contributed by atoms with Crippen LogP contribution in [0.15, 0.2) is 18.2 Å². The van der Waals surface area contributed by atoms with Crippen LogP contribution in [0, 0.1) is 11.6 Å². The van der Waals surface area contributed by atoms with Crippen molar-refractivity contribution in [2.75, 3.05) is 5.32 Å². The molecule has 0 saturated carbocycles. The third-order valence-electron chi connectivity index (χ3n) is 2.54. The van der Waals surface area contributed by atoms with Crippen LogP contribution < -0.4 is 5.32 Å². The fourth-order valence-corrected chi connectivity index (χ4v) is 1.98. The zero-order valence-corrected chi connectivity index (χ0v) is 8.99. The molecule has 0 atom stereocenters. The summed E-state index contributed by atoms with van der Waals surface area (Å²) in [5.74, 6) is -1.61. The molecule has 1 aliphatic heterocycles. The molecule has 1 aromatic rings. The quantitative estimate of drug-likeness (QED) is 0.688. The first kappa shape index (κ1) is 10.1. The van der Waals surface area contributed by atoms with Crippen LogP contribution in [0.1, 0.15) is 26.3 Å². The van der Waals surface area contributed by atoms with Crippen molar-refractivity contribution in [3.8, 4) is 0 Å². The van der Waals surface area contributed by atoms with E-state index in [1.54, 1.807) is 6.07 Å². The molecule has 3 heteroatoms. The molecule has 0 saturated heterocycles. The number of hydrogen-bond acceptors (Lipinski definition) is 1. The number of fused-ring (bicyclic) bond motifs is 1. The van der Waals surface area contributed by atoms with Gasteiger partial charge in [0.25, 0.3) is 0 Å². The Labute approximate surface area is 87.8 Å². The molecule has 0 bridgehead atoms. The van der Waals surface area contributed by atoms with Crippen LogP contribution in [-0.2, 0) is 0 Å². The van der Waals surface area contributed by atoms with Crippen LogP contribution in [0.5, 0.6) is 0 Å². The van der Waals surface area contributed by atoms with E-state index < -0.39 is 11.6 Å². The fourth-order valence-electron chi connectivity index (χ4n) is 1.98. The summed E-state index contributed by atoms with van der Waals surface area (Å²) >= 11 is 0. The summed E-state index contributed by atoms with van der Waals surface area (Å²) in [6.07, 6.45) is 2.01. The number of benzene rings is 1. The highest BCUT2D eigenvalue weighted by atomic mass is 19.2. The van der Waals surface area contributed by atoms with E-state index in [1.807, 2.05) is 26.8 Å².